The summed E-state index contributed by atoms with van der Waals surface area (Å²) in [4.78, 5) is 10.9. The molecule has 1 fully saturated rings. The third-order valence-electron chi connectivity index (χ3n) is 1.82. The molecule has 1 rings (SSSR count). The quantitative estimate of drug-likeness (QED) is 0.362. The first-order chi connectivity index (χ1) is 5.61. The molecular weight excluding hydrogens is 156 g/mol. The van der Waals surface area contributed by atoms with Crippen LogP contribution in [0.1, 0.15) is 20.3 Å². The molecule has 12 heavy (non-hydrogen) atoms. The molecular formula is C9H14O3. The van der Waals surface area contributed by atoms with E-state index in [1.54, 1.807) is 6.92 Å². The van der Waals surface area contributed by atoms with Gasteiger partial charge in [-0.15, -0.1) is 0 Å². The Labute approximate surface area is 72.4 Å². The van der Waals surface area contributed by atoms with Crippen molar-refractivity contribution in [2.45, 2.75) is 32.5 Å². The summed E-state index contributed by atoms with van der Waals surface area (Å²) in [5.41, 5.74) is 0.444. The van der Waals surface area contributed by atoms with Crippen molar-refractivity contribution in [3.63, 3.8) is 0 Å². The van der Waals surface area contributed by atoms with E-state index in [1.165, 1.54) is 0 Å². The third-order valence-corrected chi connectivity index (χ3v) is 1.82. The number of esters is 1. The Morgan fingerprint density at radius 1 is 1.67 bits per heavy atom. The van der Waals surface area contributed by atoms with E-state index in [0.717, 1.165) is 6.42 Å². The zero-order valence-electron chi connectivity index (χ0n) is 7.50. The summed E-state index contributed by atoms with van der Waals surface area (Å²) in [7, 11) is 0. The molecule has 1 heterocycles. The lowest BCUT2D eigenvalue weighted by atomic mass is 10.3. The Balaban J connectivity index is 2.02. The highest BCUT2D eigenvalue weighted by Gasteiger charge is 2.33. The highest BCUT2D eigenvalue weighted by atomic mass is 16.6. The van der Waals surface area contributed by atoms with E-state index < -0.39 is 0 Å². The summed E-state index contributed by atoms with van der Waals surface area (Å²) in [6, 6.07) is 0. The zero-order valence-corrected chi connectivity index (χ0v) is 7.50. The molecule has 3 heteroatoms. The lowest BCUT2D eigenvalue weighted by Crippen LogP contribution is -2.08. The molecule has 2 atom stereocenters. The third kappa shape index (κ3) is 2.66. The van der Waals surface area contributed by atoms with Crippen LogP contribution < -0.4 is 0 Å². The first-order valence-electron chi connectivity index (χ1n) is 4.09. The molecule has 1 aliphatic heterocycles. The largest absolute Gasteiger partial charge is 0.462 e. The molecule has 0 N–H and O–H groups in total. The topological polar surface area (TPSA) is 38.8 Å². The molecule has 0 aromatic rings. The van der Waals surface area contributed by atoms with Gasteiger partial charge in [-0.25, -0.2) is 4.79 Å². The predicted octanol–water partition coefficient (Wildman–Crippen LogP) is 1.28. The fraction of sp³-hybridized carbons (Fsp3) is 0.667. The van der Waals surface area contributed by atoms with Gasteiger partial charge in [0.15, 0.2) is 0 Å². The van der Waals surface area contributed by atoms with E-state index in [-0.39, 0.29) is 5.97 Å². The number of hydrogen-bond donors (Lipinski definition) is 0. The Bertz CT molecular complexity index is 198. The summed E-state index contributed by atoms with van der Waals surface area (Å²) in [5.74, 6) is -0.316. The van der Waals surface area contributed by atoms with Crippen LogP contribution in [0.4, 0.5) is 0 Å². The average Bonchev–Trinajstić information content (AvgIpc) is 2.66. The smallest absolute Gasteiger partial charge is 0.333 e. The monoisotopic (exact) mass is 170 g/mol. The average molecular weight is 170 g/mol. The van der Waals surface area contributed by atoms with Crippen molar-refractivity contribution in [3.8, 4) is 0 Å². The Hall–Kier alpha value is -0.830. The maximum Gasteiger partial charge on any atom is 0.333 e. The van der Waals surface area contributed by atoms with Crippen LogP contribution in [0.5, 0.6) is 0 Å². The number of carbonyl (C=O) groups is 1. The van der Waals surface area contributed by atoms with Gasteiger partial charge in [0, 0.05) is 12.0 Å². The normalized spacial score (nSPS) is 26.5. The number of ether oxygens (including phenoxy) is 2. The van der Waals surface area contributed by atoms with Gasteiger partial charge in [-0.3, -0.25) is 0 Å². The first kappa shape index (κ1) is 9.26. The number of hydrogen-bond acceptors (Lipinski definition) is 3. The van der Waals surface area contributed by atoms with Crippen molar-refractivity contribution >= 4 is 5.97 Å². The molecule has 0 amide bonds. The minimum atomic E-state index is -0.316. The molecule has 68 valence electrons. The molecule has 0 spiro atoms. The van der Waals surface area contributed by atoms with E-state index in [1.807, 2.05) is 6.92 Å². The van der Waals surface area contributed by atoms with Crippen LogP contribution in [0.2, 0.25) is 0 Å². The SMILES string of the molecule is C=C(C)C(=O)OCCC1OC1C. The summed E-state index contributed by atoms with van der Waals surface area (Å²) in [5, 5.41) is 0. The van der Waals surface area contributed by atoms with Crippen molar-refractivity contribution in [2.75, 3.05) is 6.61 Å². The second-order valence-corrected chi connectivity index (χ2v) is 3.08. The Morgan fingerprint density at radius 3 is 2.67 bits per heavy atom. The summed E-state index contributed by atoms with van der Waals surface area (Å²) in [6.07, 6.45) is 1.43. The molecule has 3 nitrogen and oxygen atoms in total. The van der Waals surface area contributed by atoms with Crippen LogP contribution in [-0.2, 0) is 14.3 Å². The molecule has 0 radical (unpaired) electrons. The van der Waals surface area contributed by atoms with Crippen molar-refractivity contribution in [1.82, 2.24) is 0 Å². The van der Waals surface area contributed by atoms with Gasteiger partial charge in [0.05, 0.1) is 18.8 Å². The minimum absolute atomic E-state index is 0.294. The van der Waals surface area contributed by atoms with E-state index >= 15 is 0 Å². The van der Waals surface area contributed by atoms with Gasteiger partial charge in [0.1, 0.15) is 0 Å². The zero-order chi connectivity index (χ0) is 9.14. The highest BCUT2D eigenvalue weighted by molar-refractivity contribution is 5.86. The molecule has 0 bridgehead atoms. The second kappa shape index (κ2) is 3.72. The van der Waals surface area contributed by atoms with Gasteiger partial charge in [-0.2, -0.15) is 0 Å². The van der Waals surface area contributed by atoms with Gasteiger partial charge in [0.25, 0.3) is 0 Å². The van der Waals surface area contributed by atoms with Crippen LogP contribution in [0, 0.1) is 0 Å². The van der Waals surface area contributed by atoms with Gasteiger partial charge in [-0.05, 0) is 13.8 Å². The van der Waals surface area contributed by atoms with Crippen LogP contribution in [-0.4, -0.2) is 24.8 Å². The standard InChI is InChI=1S/C9H14O3/c1-6(2)9(10)11-5-4-8-7(3)12-8/h7-8H,1,4-5H2,2-3H3. The predicted molar refractivity (Wildman–Crippen MR) is 44.7 cm³/mol. The molecule has 0 aliphatic carbocycles. The van der Waals surface area contributed by atoms with Crippen molar-refractivity contribution < 1.29 is 14.3 Å². The maximum absolute atomic E-state index is 10.9. The van der Waals surface area contributed by atoms with Crippen molar-refractivity contribution in [1.29, 1.82) is 0 Å². The van der Waals surface area contributed by atoms with Gasteiger partial charge >= 0.3 is 5.97 Å². The molecule has 0 aromatic carbocycles. The Kier molecular flexibility index (Phi) is 2.87. The number of carbonyl (C=O) groups excluding carboxylic acids is 1. The van der Waals surface area contributed by atoms with Crippen molar-refractivity contribution in [3.05, 3.63) is 12.2 Å². The fourth-order valence-electron chi connectivity index (χ4n) is 0.924. The van der Waals surface area contributed by atoms with E-state index in [0.29, 0.717) is 24.4 Å². The fourth-order valence-corrected chi connectivity index (χ4v) is 0.924. The number of epoxide rings is 1. The number of rotatable bonds is 4. The molecule has 2 unspecified atom stereocenters. The van der Waals surface area contributed by atoms with E-state index in [2.05, 4.69) is 6.58 Å². The van der Waals surface area contributed by atoms with Crippen LogP contribution in [0.3, 0.4) is 0 Å². The first-order valence-corrected chi connectivity index (χ1v) is 4.09. The van der Waals surface area contributed by atoms with Crippen LogP contribution in [0.25, 0.3) is 0 Å². The maximum atomic E-state index is 10.9. The molecule has 1 aliphatic rings. The van der Waals surface area contributed by atoms with Gasteiger partial charge in [-0.1, -0.05) is 6.58 Å². The lowest BCUT2D eigenvalue weighted by Gasteiger charge is -2.01. The molecule has 0 aromatic heterocycles. The van der Waals surface area contributed by atoms with Crippen LogP contribution in [0.15, 0.2) is 12.2 Å². The summed E-state index contributed by atoms with van der Waals surface area (Å²) < 4.78 is 10.0. The van der Waals surface area contributed by atoms with E-state index in [4.69, 9.17) is 9.47 Å². The van der Waals surface area contributed by atoms with Gasteiger partial charge in [0.2, 0.25) is 0 Å². The minimum Gasteiger partial charge on any atom is -0.462 e. The Morgan fingerprint density at radius 2 is 2.25 bits per heavy atom. The van der Waals surface area contributed by atoms with Gasteiger partial charge < -0.3 is 9.47 Å². The summed E-state index contributed by atoms with van der Waals surface area (Å²) >= 11 is 0. The molecule has 1 saturated heterocycles. The second-order valence-electron chi connectivity index (χ2n) is 3.08. The van der Waals surface area contributed by atoms with Crippen molar-refractivity contribution in [2.24, 2.45) is 0 Å². The highest BCUT2D eigenvalue weighted by Crippen LogP contribution is 2.23. The summed E-state index contributed by atoms with van der Waals surface area (Å²) in [6.45, 7) is 7.55. The van der Waals surface area contributed by atoms with Crippen LogP contribution >= 0.6 is 0 Å². The lowest BCUT2D eigenvalue weighted by molar-refractivity contribution is -0.139. The van der Waals surface area contributed by atoms with E-state index in [9.17, 15) is 4.79 Å². The molecule has 0 saturated carbocycles.